The summed E-state index contributed by atoms with van der Waals surface area (Å²) in [7, 11) is -3.89. The number of sulfonamides is 1. The van der Waals surface area contributed by atoms with Crippen LogP contribution in [0.1, 0.15) is 17.5 Å². The SMILES string of the molecule is C=CC(CCc1ccccc1)NC(=O)NS(=O)(=O)c1ccc(C)cc1. The molecule has 0 aromatic heterocycles. The van der Waals surface area contributed by atoms with Crippen molar-refractivity contribution < 1.29 is 13.2 Å². The first kappa shape index (κ1) is 18.7. The second kappa shape index (κ2) is 8.48. The van der Waals surface area contributed by atoms with Gasteiger partial charge in [0.05, 0.1) is 4.90 Å². The first-order valence-corrected chi connectivity index (χ1v) is 9.45. The van der Waals surface area contributed by atoms with Gasteiger partial charge in [0.25, 0.3) is 10.0 Å². The van der Waals surface area contributed by atoms with Gasteiger partial charge in [-0.15, -0.1) is 6.58 Å². The molecule has 1 unspecified atom stereocenters. The minimum absolute atomic E-state index is 0.0488. The maximum absolute atomic E-state index is 12.2. The van der Waals surface area contributed by atoms with Crippen LogP contribution in [-0.2, 0) is 16.4 Å². The number of aryl methyl sites for hydroxylation is 2. The van der Waals surface area contributed by atoms with Crippen LogP contribution in [0.3, 0.4) is 0 Å². The van der Waals surface area contributed by atoms with Gasteiger partial charge in [0.2, 0.25) is 0 Å². The molecule has 2 aromatic carbocycles. The van der Waals surface area contributed by atoms with Crippen LogP contribution in [0.5, 0.6) is 0 Å². The van der Waals surface area contributed by atoms with Crippen molar-refractivity contribution >= 4 is 16.1 Å². The number of carbonyl (C=O) groups is 1. The summed E-state index contributed by atoms with van der Waals surface area (Å²) in [6.07, 6.45) is 2.98. The van der Waals surface area contributed by atoms with Crippen LogP contribution in [-0.4, -0.2) is 20.5 Å². The second-order valence-corrected chi connectivity index (χ2v) is 7.44. The van der Waals surface area contributed by atoms with E-state index in [2.05, 4.69) is 11.9 Å². The largest absolute Gasteiger partial charge is 0.331 e. The highest BCUT2D eigenvalue weighted by atomic mass is 32.2. The van der Waals surface area contributed by atoms with Gasteiger partial charge in [0.15, 0.2) is 0 Å². The van der Waals surface area contributed by atoms with Crippen molar-refractivity contribution in [3.8, 4) is 0 Å². The first-order chi connectivity index (χ1) is 11.9. The fraction of sp³-hybridized carbons (Fsp3) is 0.211. The van der Waals surface area contributed by atoms with Gasteiger partial charge in [-0.3, -0.25) is 0 Å². The molecule has 0 saturated heterocycles. The monoisotopic (exact) mass is 358 g/mol. The Morgan fingerprint density at radius 3 is 2.36 bits per heavy atom. The average Bonchev–Trinajstić information content (AvgIpc) is 2.59. The van der Waals surface area contributed by atoms with E-state index in [1.165, 1.54) is 12.1 Å². The minimum atomic E-state index is -3.89. The van der Waals surface area contributed by atoms with Gasteiger partial charge in [-0.25, -0.2) is 17.9 Å². The van der Waals surface area contributed by atoms with Gasteiger partial charge in [-0.05, 0) is 37.5 Å². The third kappa shape index (κ3) is 5.76. The predicted octanol–water partition coefficient (Wildman–Crippen LogP) is 3.17. The molecule has 0 aliphatic carbocycles. The number of nitrogens with one attached hydrogen (secondary N) is 2. The Kier molecular flexibility index (Phi) is 6.36. The van der Waals surface area contributed by atoms with Crippen molar-refractivity contribution in [3.63, 3.8) is 0 Å². The van der Waals surface area contributed by atoms with Crippen LogP contribution in [0, 0.1) is 6.92 Å². The number of urea groups is 1. The van der Waals surface area contributed by atoms with E-state index in [9.17, 15) is 13.2 Å². The lowest BCUT2D eigenvalue weighted by molar-refractivity contribution is 0.243. The van der Waals surface area contributed by atoms with Crippen LogP contribution in [0.2, 0.25) is 0 Å². The summed E-state index contributed by atoms with van der Waals surface area (Å²) >= 11 is 0. The molecule has 2 aromatic rings. The number of hydrogen-bond acceptors (Lipinski definition) is 3. The minimum Gasteiger partial charge on any atom is -0.331 e. The van der Waals surface area contributed by atoms with E-state index in [0.29, 0.717) is 6.42 Å². The highest BCUT2D eigenvalue weighted by Crippen LogP contribution is 2.10. The van der Waals surface area contributed by atoms with E-state index in [4.69, 9.17) is 0 Å². The normalized spacial score (nSPS) is 12.2. The second-order valence-electron chi connectivity index (χ2n) is 5.76. The third-order valence-electron chi connectivity index (χ3n) is 3.75. The third-order valence-corrected chi connectivity index (χ3v) is 5.09. The summed E-state index contributed by atoms with van der Waals surface area (Å²) in [4.78, 5) is 12.1. The molecule has 2 rings (SSSR count). The van der Waals surface area contributed by atoms with Gasteiger partial charge >= 0.3 is 6.03 Å². The molecule has 2 amide bonds. The molecule has 132 valence electrons. The molecule has 5 nitrogen and oxygen atoms in total. The van der Waals surface area contributed by atoms with E-state index < -0.39 is 16.1 Å². The number of benzene rings is 2. The molecule has 0 radical (unpaired) electrons. The summed E-state index contributed by atoms with van der Waals surface area (Å²) in [5.74, 6) is 0. The molecule has 0 fully saturated rings. The first-order valence-electron chi connectivity index (χ1n) is 7.97. The quantitative estimate of drug-likeness (QED) is 0.747. The van der Waals surface area contributed by atoms with Gasteiger partial charge in [-0.2, -0.15) is 0 Å². The van der Waals surface area contributed by atoms with E-state index in [1.54, 1.807) is 18.2 Å². The summed E-state index contributed by atoms with van der Waals surface area (Å²) < 4.78 is 26.4. The molecule has 0 heterocycles. The summed E-state index contributed by atoms with van der Waals surface area (Å²) in [6.45, 7) is 5.56. The van der Waals surface area contributed by atoms with E-state index >= 15 is 0 Å². The molecule has 0 spiro atoms. The Morgan fingerprint density at radius 2 is 1.76 bits per heavy atom. The Morgan fingerprint density at radius 1 is 1.12 bits per heavy atom. The zero-order chi connectivity index (χ0) is 18.3. The molecule has 0 aliphatic rings. The van der Waals surface area contributed by atoms with Gasteiger partial charge < -0.3 is 5.32 Å². The predicted molar refractivity (Wildman–Crippen MR) is 98.8 cm³/mol. The summed E-state index contributed by atoms with van der Waals surface area (Å²) in [5.41, 5.74) is 2.08. The Balaban J connectivity index is 1.92. The molecule has 0 saturated carbocycles. The van der Waals surface area contributed by atoms with E-state index in [-0.39, 0.29) is 10.9 Å². The maximum atomic E-state index is 12.2. The van der Waals surface area contributed by atoms with E-state index in [1.807, 2.05) is 42.0 Å². The molecule has 6 heteroatoms. The van der Waals surface area contributed by atoms with Crippen molar-refractivity contribution in [2.75, 3.05) is 0 Å². The maximum Gasteiger partial charge on any atom is 0.329 e. The van der Waals surface area contributed by atoms with Crippen molar-refractivity contribution in [1.29, 1.82) is 0 Å². The van der Waals surface area contributed by atoms with Gasteiger partial charge in [0, 0.05) is 6.04 Å². The smallest absolute Gasteiger partial charge is 0.329 e. The molecular weight excluding hydrogens is 336 g/mol. The fourth-order valence-electron chi connectivity index (χ4n) is 2.31. The lowest BCUT2D eigenvalue weighted by Gasteiger charge is -2.15. The number of hydrogen-bond donors (Lipinski definition) is 2. The van der Waals surface area contributed by atoms with Crippen LogP contribution in [0.15, 0.2) is 72.1 Å². The van der Waals surface area contributed by atoms with Gasteiger partial charge in [-0.1, -0.05) is 54.1 Å². The molecule has 1 atom stereocenters. The van der Waals surface area contributed by atoms with Crippen molar-refractivity contribution in [3.05, 3.63) is 78.4 Å². The Bertz CT molecular complexity index is 816. The lowest BCUT2D eigenvalue weighted by Crippen LogP contribution is -2.43. The molecule has 0 bridgehead atoms. The Labute approximate surface area is 148 Å². The topological polar surface area (TPSA) is 75.3 Å². The zero-order valence-corrected chi connectivity index (χ0v) is 14.9. The zero-order valence-electron chi connectivity index (χ0n) is 14.1. The van der Waals surface area contributed by atoms with Gasteiger partial charge in [0.1, 0.15) is 0 Å². The standard InChI is InChI=1S/C19H22N2O3S/c1-3-17(12-11-16-7-5-4-6-8-16)20-19(22)21-25(23,24)18-13-9-15(2)10-14-18/h3-10,13-14,17H,1,11-12H2,2H3,(H2,20,21,22). The Hall–Kier alpha value is -2.60. The fourth-order valence-corrected chi connectivity index (χ4v) is 3.23. The van der Waals surface area contributed by atoms with E-state index in [0.717, 1.165) is 17.5 Å². The highest BCUT2D eigenvalue weighted by molar-refractivity contribution is 7.90. The molecule has 0 aliphatic heterocycles. The van der Waals surface area contributed by atoms with Crippen molar-refractivity contribution in [2.45, 2.75) is 30.7 Å². The van der Waals surface area contributed by atoms with Crippen molar-refractivity contribution in [1.82, 2.24) is 10.0 Å². The summed E-state index contributed by atoms with van der Waals surface area (Å²) in [5, 5.41) is 2.63. The molecular formula is C19H22N2O3S. The number of carbonyl (C=O) groups excluding carboxylic acids is 1. The number of rotatable bonds is 7. The van der Waals surface area contributed by atoms with Crippen LogP contribution in [0.25, 0.3) is 0 Å². The van der Waals surface area contributed by atoms with Crippen LogP contribution < -0.4 is 10.0 Å². The van der Waals surface area contributed by atoms with Crippen molar-refractivity contribution in [2.24, 2.45) is 0 Å². The lowest BCUT2D eigenvalue weighted by atomic mass is 10.1. The average molecular weight is 358 g/mol. The van der Waals surface area contributed by atoms with Crippen LogP contribution >= 0.6 is 0 Å². The summed E-state index contributed by atoms with van der Waals surface area (Å²) in [6, 6.07) is 15.0. The van der Waals surface area contributed by atoms with Crippen LogP contribution in [0.4, 0.5) is 4.79 Å². The molecule has 2 N–H and O–H groups in total. The number of amides is 2. The molecule has 25 heavy (non-hydrogen) atoms. The highest BCUT2D eigenvalue weighted by Gasteiger charge is 2.18.